The van der Waals surface area contributed by atoms with Crippen LogP contribution in [-0.2, 0) is 9.53 Å². The first-order valence-corrected chi connectivity index (χ1v) is 5.88. The zero-order valence-electron chi connectivity index (χ0n) is 11.5. The summed E-state index contributed by atoms with van der Waals surface area (Å²) in [6.07, 6.45) is -2.74. The molecule has 0 aromatic heterocycles. The van der Waals surface area contributed by atoms with Gasteiger partial charge in [0.2, 0.25) is 0 Å². The highest BCUT2D eigenvalue weighted by Gasteiger charge is 2.30. The monoisotopic (exact) mass is 290 g/mol. The SMILES string of the molecule is C/C=C(\C)c1ccc(OC(F)(F)F)cc1.CCOC=O. The van der Waals surface area contributed by atoms with Gasteiger partial charge in [-0.2, -0.15) is 0 Å². The van der Waals surface area contributed by atoms with Crippen molar-refractivity contribution in [1.82, 2.24) is 0 Å². The smallest absolute Gasteiger partial charge is 0.468 e. The van der Waals surface area contributed by atoms with Gasteiger partial charge < -0.3 is 9.47 Å². The number of allylic oxidation sites excluding steroid dienone is 2. The first kappa shape index (κ1) is 18.0. The van der Waals surface area contributed by atoms with Gasteiger partial charge in [-0.05, 0) is 44.0 Å². The Morgan fingerprint density at radius 3 is 2.10 bits per heavy atom. The summed E-state index contributed by atoms with van der Waals surface area (Å²) in [7, 11) is 0. The molecule has 0 N–H and O–H groups in total. The van der Waals surface area contributed by atoms with E-state index in [1.54, 1.807) is 19.1 Å². The molecule has 0 spiro atoms. The molecule has 0 atom stereocenters. The molecule has 0 radical (unpaired) electrons. The molecule has 1 aromatic rings. The number of alkyl halides is 3. The van der Waals surface area contributed by atoms with Crippen molar-refractivity contribution in [2.75, 3.05) is 6.61 Å². The van der Waals surface area contributed by atoms with Crippen molar-refractivity contribution in [2.24, 2.45) is 0 Å². The van der Waals surface area contributed by atoms with E-state index in [0.29, 0.717) is 13.1 Å². The van der Waals surface area contributed by atoms with E-state index in [4.69, 9.17) is 0 Å². The molecule has 0 fully saturated rings. The van der Waals surface area contributed by atoms with Gasteiger partial charge in [0.15, 0.2) is 0 Å². The first-order chi connectivity index (χ1) is 9.34. The van der Waals surface area contributed by atoms with Crippen LogP contribution in [0, 0.1) is 0 Å². The van der Waals surface area contributed by atoms with Gasteiger partial charge in [-0.25, -0.2) is 0 Å². The molecular weight excluding hydrogens is 273 g/mol. The largest absolute Gasteiger partial charge is 0.573 e. The topological polar surface area (TPSA) is 35.5 Å². The van der Waals surface area contributed by atoms with Gasteiger partial charge in [-0.3, -0.25) is 4.79 Å². The van der Waals surface area contributed by atoms with Crippen molar-refractivity contribution in [1.29, 1.82) is 0 Å². The molecule has 0 aliphatic carbocycles. The van der Waals surface area contributed by atoms with Gasteiger partial charge in [-0.15, -0.1) is 13.2 Å². The Hall–Kier alpha value is -1.98. The minimum absolute atomic E-state index is 0.199. The average Bonchev–Trinajstić information content (AvgIpc) is 2.38. The third-order valence-corrected chi connectivity index (χ3v) is 2.21. The Balaban J connectivity index is 0.000000621. The lowest BCUT2D eigenvalue weighted by molar-refractivity contribution is -0.274. The van der Waals surface area contributed by atoms with Gasteiger partial charge in [0.05, 0.1) is 6.61 Å². The number of carbonyl (C=O) groups is 1. The maximum atomic E-state index is 11.8. The van der Waals surface area contributed by atoms with E-state index < -0.39 is 6.36 Å². The molecule has 0 saturated heterocycles. The molecule has 0 unspecified atom stereocenters. The second-order valence-corrected chi connectivity index (χ2v) is 3.60. The fourth-order valence-electron chi connectivity index (χ4n) is 1.15. The molecule has 0 heterocycles. The van der Waals surface area contributed by atoms with Crippen LogP contribution in [0.25, 0.3) is 5.57 Å². The van der Waals surface area contributed by atoms with E-state index in [1.807, 2.05) is 19.9 Å². The molecule has 0 saturated carbocycles. The fourth-order valence-corrected chi connectivity index (χ4v) is 1.15. The molecule has 6 heteroatoms. The molecule has 1 rings (SSSR count). The number of hydrogen-bond acceptors (Lipinski definition) is 3. The summed E-state index contributed by atoms with van der Waals surface area (Å²) in [4.78, 5) is 9.18. The molecule has 20 heavy (non-hydrogen) atoms. The minimum atomic E-state index is -4.63. The third-order valence-electron chi connectivity index (χ3n) is 2.21. The predicted molar refractivity (Wildman–Crippen MR) is 70.1 cm³/mol. The van der Waals surface area contributed by atoms with Crippen molar-refractivity contribution in [3.05, 3.63) is 35.9 Å². The van der Waals surface area contributed by atoms with Crippen LogP contribution in [0.3, 0.4) is 0 Å². The lowest BCUT2D eigenvalue weighted by Gasteiger charge is -2.09. The number of benzene rings is 1. The molecule has 0 amide bonds. The van der Waals surface area contributed by atoms with Crippen LogP contribution in [0.15, 0.2) is 30.3 Å². The van der Waals surface area contributed by atoms with E-state index in [-0.39, 0.29) is 5.75 Å². The number of rotatable bonds is 4. The highest BCUT2D eigenvalue weighted by molar-refractivity contribution is 5.63. The van der Waals surface area contributed by atoms with Gasteiger partial charge in [0, 0.05) is 0 Å². The van der Waals surface area contributed by atoms with Crippen LogP contribution in [-0.4, -0.2) is 19.4 Å². The summed E-state index contributed by atoms with van der Waals surface area (Å²) in [5.41, 5.74) is 1.89. The quantitative estimate of drug-likeness (QED) is 0.780. The van der Waals surface area contributed by atoms with Crippen LogP contribution < -0.4 is 4.74 Å². The van der Waals surface area contributed by atoms with Crippen LogP contribution in [0.2, 0.25) is 0 Å². The molecular formula is C14H17F3O3. The van der Waals surface area contributed by atoms with Crippen LogP contribution in [0.1, 0.15) is 26.3 Å². The number of hydrogen-bond donors (Lipinski definition) is 0. The Morgan fingerprint density at radius 2 is 1.80 bits per heavy atom. The van der Waals surface area contributed by atoms with E-state index in [0.717, 1.165) is 11.1 Å². The van der Waals surface area contributed by atoms with E-state index in [1.165, 1.54) is 12.1 Å². The molecule has 112 valence electrons. The standard InChI is InChI=1S/C11H11F3O.C3H6O2/c1-3-8(2)9-4-6-10(7-5-9)15-11(12,13)14;1-2-5-3-4/h3-7H,1-2H3;3H,2H2,1H3/b8-3+;. The maximum Gasteiger partial charge on any atom is 0.573 e. The lowest BCUT2D eigenvalue weighted by Crippen LogP contribution is -2.16. The Morgan fingerprint density at radius 1 is 1.25 bits per heavy atom. The zero-order valence-corrected chi connectivity index (χ0v) is 11.5. The van der Waals surface area contributed by atoms with Crippen LogP contribution in [0.4, 0.5) is 13.2 Å². The summed E-state index contributed by atoms with van der Waals surface area (Å²) in [6, 6.07) is 5.79. The average molecular weight is 290 g/mol. The van der Waals surface area contributed by atoms with Crippen molar-refractivity contribution in [2.45, 2.75) is 27.1 Å². The Kier molecular flexibility index (Phi) is 8.12. The van der Waals surface area contributed by atoms with Crippen molar-refractivity contribution < 1.29 is 27.4 Å². The van der Waals surface area contributed by atoms with E-state index >= 15 is 0 Å². The number of carbonyl (C=O) groups excluding carboxylic acids is 1. The maximum absolute atomic E-state index is 11.8. The summed E-state index contributed by atoms with van der Waals surface area (Å²) >= 11 is 0. The molecule has 1 aromatic carbocycles. The van der Waals surface area contributed by atoms with E-state index in [9.17, 15) is 18.0 Å². The Labute approximate surface area is 116 Å². The highest BCUT2D eigenvalue weighted by Crippen LogP contribution is 2.24. The fraction of sp³-hybridized carbons (Fsp3) is 0.357. The van der Waals surface area contributed by atoms with Gasteiger partial charge in [0.25, 0.3) is 6.47 Å². The van der Waals surface area contributed by atoms with Crippen molar-refractivity contribution in [3.63, 3.8) is 0 Å². The van der Waals surface area contributed by atoms with E-state index in [2.05, 4.69) is 9.47 Å². The normalized spacial score (nSPS) is 11.2. The lowest BCUT2D eigenvalue weighted by atomic mass is 10.1. The summed E-state index contributed by atoms with van der Waals surface area (Å²) in [5.74, 6) is -0.199. The molecule has 0 aliphatic rings. The highest BCUT2D eigenvalue weighted by atomic mass is 19.4. The van der Waals surface area contributed by atoms with Crippen LogP contribution >= 0.6 is 0 Å². The Bertz CT molecular complexity index is 422. The summed E-state index contributed by atoms with van der Waals surface area (Å²) in [5, 5.41) is 0. The second kappa shape index (κ2) is 9.01. The summed E-state index contributed by atoms with van der Waals surface area (Å²) < 4.78 is 43.4. The van der Waals surface area contributed by atoms with Gasteiger partial charge in [0.1, 0.15) is 5.75 Å². The summed E-state index contributed by atoms with van der Waals surface area (Å²) in [6.45, 7) is 6.42. The minimum Gasteiger partial charge on any atom is -0.468 e. The van der Waals surface area contributed by atoms with Crippen molar-refractivity contribution in [3.8, 4) is 5.75 Å². The number of ether oxygens (including phenoxy) is 2. The zero-order chi connectivity index (χ0) is 15.6. The molecule has 0 aliphatic heterocycles. The molecule has 0 bridgehead atoms. The first-order valence-electron chi connectivity index (χ1n) is 5.88. The molecule has 3 nitrogen and oxygen atoms in total. The van der Waals surface area contributed by atoms with Crippen molar-refractivity contribution >= 4 is 12.0 Å². The van der Waals surface area contributed by atoms with Gasteiger partial charge >= 0.3 is 6.36 Å². The number of halogens is 3. The second-order valence-electron chi connectivity index (χ2n) is 3.60. The predicted octanol–water partition coefficient (Wildman–Crippen LogP) is 4.19. The third kappa shape index (κ3) is 8.18. The van der Waals surface area contributed by atoms with Crippen LogP contribution in [0.5, 0.6) is 5.75 Å². The van der Waals surface area contributed by atoms with Gasteiger partial charge in [-0.1, -0.05) is 18.2 Å².